The van der Waals surface area contributed by atoms with E-state index in [1.54, 1.807) is 7.05 Å². The van der Waals surface area contributed by atoms with Crippen molar-refractivity contribution >= 4 is 29.1 Å². The Morgan fingerprint density at radius 2 is 2.12 bits per heavy atom. The van der Waals surface area contributed by atoms with Crippen LogP contribution in [-0.4, -0.2) is 46.5 Å². The third-order valence-electron chi connectivity index (χ3n) is 4.76. The van der Waals surface area contributed by atoms with Crippen molar-refractivity contribution in [2.24, 2.45) is 4.99 Å². The Bertz CT molecular complexity index is 603. The zero-order valence-electron chi connectivity index (χ0n) is 14.2. The summed E-state index contributed by atoms with van der Waals surface area (Å²) in [7, 11) is 1.72. The number of guanidine groups is 1. The molecule has 1 spiro atoms. The minimum Gasteiger partial charge on any atom is -0.350 e. The maximum atomic E-state index is 12.6. The second kappa shape index (κ2) is 7.73. The van der Waals surface area contributed by atoms with Gasteiger partial charge in [-0.25, -0.2) is 4.98 Å². The van der Waals surface area contributed by atoms with Crippen molar-refractivity contribution in [2.75, 3.05) is 25.9 Å². The molecular weight excluding hydrogens is 369 g/mol. The van der Waals surface area contributed by atoms with Crippen LogP contribution in [0.5, 0.6) is 0 Å². The molecule has 0 unspecified atom stereocenters. The minimum absolute atomic E-state index is 0.268. The lowest BCUT2D eigenvalue weighted by molar-refractivity contribution is -0.140. The van der Waals surface area contributed by atoms with Crippen LogP contribution in [0, 0.1) is 0 Å². The van der Waals surface area contributed by atoms with Gasteiger partial charge in [-0.1, -0.05) is 19.3 Å². The number of halogens is 3. The van der Waals surface area contributed by atoms with Crippen LogP contribution in [0.25, 0.3) is 0 Å². The van der Waals surface area contributed by atoms with Gasteiger partial charge < -0.3 is 10.2 Å². The molecule has 0 bridgehead atoms. The van der Waals surface area contributed by atoms with E-state index in [0.29, 0.717) is 9.75 Å². The molecule has 0 atom stereocenters. The summed E-state index contributed by atoms with van der Waals surface area (Å²) in [5, 5.41) is 4.68. The molecule has 0 aromatic carbocycles. The fourth-order valence-corrected chi connectivity index (χ4v) is 5.84. The van der Waals surface area contributed by atoms with Crippen molar-refractivity contribution in [1.82, 2.24) is 15.2 Å². The Morgan fingerprint density at radius 3 is 2.76 bits per heavy atom. The lowest BCUT2D eigenvalue weighted by atomic mass is 9.87. The molecule has 0 amide bonds. The quantitative estimate of drug-likeness (QED) is 0.610. The molecule has 2 fully saturated rings. The first-order valence-corrected chi connectivity index (χ1v) is 10.4. The zero-order valence-corrected chi connectivity index (χ0v) is 15.9. The summed E-state index contributed by atoms with van der Waals surface area (Å²) in [6.45, 7) is 2.14. The highest BCUT2D eigenvalue weighted by Crippen LogP contribution is 2.42. The maximum absolute atomic E-state index is 12.6. The Kier molecular flexibility index (Phi) is 5.82. The van der Waals surface area contributed by atoms with Gasteiger partial charge in [-0.05, 0) is 12.8 Å². The molecule has 0 radical (unpaired) electrons. The Morgan fingerprint density at radius 1 is 1.36 bits per heavy atom. The van der Waals surface area contributed by atoms with Gasteiger partial charge in [0.2, 0.25) is 0 Å². The Balaban J connectivity index is 1.60. The lowest BCUT2D eigenvalue weighted by Crippen LogP contribution is -2.53. The Labute approximate surface area is 154 Å². The van der Waals surface area contributed by atoms with E-state index in [0.717, 1.165) is 41.5 Å². The SMILES string of the molecule is CN=C(NCc1nc(C(F)(F)F)cs1)N1CCSC2(CCCCC2)C1. The summed E-state index contributed by atoms with van der Waals surface area (Å²) in [6, 6.07) is 0. The highest BCUT2D eigenvalue weighted by atomic mass is 32.2. The molecule has 3 rings (SSSR count). The number of hydrogen-bond donors (Lipinski definition) is 1. The van der Waals surface area contributed by atoms with Crippen molar-refractivity contribution in [3.05, 3.63) is 16.1 Å². The van der Waals surface area contributed by atoms with Crippen LogP contribution in [0.4, 0.5) is 13.2 Å². The lowest BCUT2D eigenvalue weighted by Gasteiger charge is -2.45. The molecule has 1 aromatic heterocycles. The average molecular weight is 393 g/mol. The molecule has 2 heterocycles. The van der Waals surface area contributed by atoms with E-state index < -0.39 is 11.9 Å². The van der Waals surface area contributed by atoms with Gasteiger partial charge in [0.25, 0.3) is 0 Å². The molecule has 1 aliphatic carbocycles. The van der Waals surface area contributed by atoms with Gasteiger partial charge in [-0.2, -0.15) is 24.9 Å². The molecule has 1 aliphatic heterocycles. The van der Waals surface area contributed by atoms with Crippen molar-refractivity contribution in [3.8, 4) is 0 Å². The summed E-state index contributed by atoms with van der Waals surface area (Å²) in [4.78, 5) is 10.3. The van der Waals surface area contributed by atoms with Crippen molar-refractivity contribution in [2.45, 2.75) is 49.6 Å². The van der Waals surface area contributed by atoms with Crippen molar-refractivity contribution < 1.29 is 13.2 Å². The average Bonchev–Trinajstić information content (AvgIpc) is 3.06. The van der Waals surface area contributed by atoms with Crippen LogP contribution in [0.3, 0.4) is 0 Å². The van der Waals surface area contributed by atoms with E-state index in [-0.39, 0.29) is 6.54 Å². The van der Waals surface area contributed by atoms with Crippen LogP contribution >= 0.6 is 23.1 Å². The number of nitrogens with zero attached hydrogens (tertiary/aromatic N) is 3. The van der Waals surface area contributed by atoms with E-state index in [1.807, 2.05) is 0 Å². The number of aromatic nitrogens is 1. The van der Waals surface area contributed by atoms with Crippen LogP contribution < -0.4 is 5.32 Å². The second-order valence-corrected chi connectivity index (χ2v) is 9.04. The molecule has 2 aliphatic rings. The standard InChI is InChI=1S/C16H23F3N4S2/c1-20-14(21-9-13-22-12(10-24-13)16(17,18)19)23-7-8-25-15(11-23)5-3-2-4-6-15/h10H,2-9,11H2,1H3,(H,20,21). The highest BCUT2D eigenvalue weighted by Gasteiger charge is 2.38. The van der Waals surface area contributed by atoms with E-state index >= 15 is 0 Å². The summed E-state index contributed by atoms with van der Waals surface area (Å²) in [6.07, 6.45) is 1.99. The zero-order chi connectivity index (χ0) is 17.9. The first kappa shape index (κ1) is 18.8. The predicted molar refractivity (Wildman–Crippen MR) is 97.2 cm³/mol. The van der Waals surface area contributed by atoms with Gasteiger partial charge in [0.1, 0.15) is 5.01 Å². The number of nitrogens with one attached hydrogen (secondary N) is 1. The summed E-state index contributed by atoms with van der Waals surface area (Å²) in [5.41, 5.74) is -0.820. The third kappa shape index (κ3) is 4.61. The smallest absolute Gasteiger partial charge is 0.350 e. The number of thiazole rings is 1. The largest absolute Gasteiger partial charge is 0.434 e. The molecule has 9 heteroatoms. The number of rotatable bonds is 2. The predicted octanol–water partition coefficient (Wildman–Crippen LogP) is 3.99. The Hall–Kier alpha value is -0.960. The maximum Gasteiger partial charge on any atom is 0.434 e. The van der Waals surface area contributed by atoms with Gasteiger partial charge in [0, 0.05) is 36.0 Å². The number of hydrogen-bond acceptors (Lipinski definition) is 4. The molecule has 1 N–H and O–H groups in total. The topological polar surface area (TPSA) is 40.5 Å². The number of thioether (sulfide) groups is 1. The van der Waals surface area contributed by atoms with Gasteiger partial charge in [0.15, 0.2) is 11.7 Å². The van der Waals surface area contributed by atoms with Crippen molar-refractivity contribution in [1.29, 1.82) is 0 Å². The highest BCUT2D eigenvalue weighted by molar-refractivity contribution is 8.00. The summed E-state index contributed by atoms with van der Waals surface area (Å²) < 4.78 is 38.3. The molecular formula is C16H23F3N4S2. The third-order valence-corrected chi connectivity index (χ3v) is 7.15. The molecule has 1 saturated carbocycles. The first-order chi connectivity index (χ1) is 11.9. The van der Waals surface area contributed by atoms with Gasteiger partial charge in [-0.3, -0.25) is 4.99 Å². The molecule has 4 nitrogen and oxygen atoms in total. The normalized spacial score (nSPS) is 21.6. The van der Waals surface area contributed by atoms with Crippen LogP contribution in [0.15, 0.2) is 10.4 Å². The number of alkyl halides is 3. The van der Waals surface area contributed by atoms with Gasteiger partial charge in [0.05, 0.1) is 6.54 Å². The summed E-state index contributed by atoms with van der Waals surface area (Å²) in [5.74, 6) is 1.82. The van der Waals surface area contributed by atoms with Gasteiger partial charge >= 0.3 is 6.18 Å². The molecule has 1 aromatic rings. The minimum atomic E-state index is -4.38. The first-order valence-electron chi connectivity index (χ1n) is 8.53. The molecule has 140 valence electrons. The van der Waals surface area contributed by atoms with Crippen LogP contribution in [0.2, 0.25) is 0 Å². The second-order valence-electron chi connectivity index (χ2n) is 6.54. The number of aliphatic imine (C=N–C) groups is 1. The summed E-state index contributed by atoms with van der Waals surface area (Å²) >= 11 is 3.10. The van der Waals surface area contributed by atoms with Crippen LogP contribution in [-0.2, 0) is 12.7 Å². The fraction of sp³-hybridized carbons (Fsp3) is 0.750. The fourth-order valence-electron chi connectivity index (χ4n) is 3.53. The van der Waals surface area contributed by atoms with E-state index in [2.05, 4.69) is 32.0 Å². The van der Waals surface area contributed by atoms with Crippen LogP contribution in [0.1, 0.15) is 42.8 Å². The van der Waals surface area contributed by atoms with E-state index in [4.69, 9.17) is 0 Å². The van der Waals surface area contributed by atoms with Crippen molar-refractivity contribution in [3.63, 3.8) is 0 Å². The van der Waals surface area contributed by atoms with E-state index in [1.165, 1.54) is 32.1 Å². The monoisotopic (exact) mass is 392 g/mol. The molecule has 1 saturated heterocycles. The molecule has 25 heavy (non-hydrogen) atoms. The van der Waals surface area contributed by atoms with Gasteiger partial charge in [-0.15, -0.1) is 11.3 Å². The van der Waals surface area contributed by atoms with E-state index in [9.17, 15) is 13.2 Å².